The van der Waals surface area contributed by atoms with Gasteiger partial charge in [-0.1, -0.05) is 18.2 Å². The van der Waals surface area contributed by atoms with E-state index >= 15 is 0 Å². The van der Waals surface area contributed by atoms with Gasteiger partial charge in [0, 0.05) is 18.3 Å². The van der Waals surface area contributed by atoms with Crippen molar-refractivity contribution in [3.8, 4) is 0 Å². The number of carboxylic acid groups (broad SMARTS) is 1. The summed E-state index contributed by atoms with van der Waals surface area (Å²) in [5, 5.41) is 15.1. The van der Waals surface area contributed by atoms with Crippen LogP contribution in [0.25, 0.3) is 0 Å². The van der Waals surface area contributed by atoms with Gasteiger partial charge in [0.05, 0.1) is 0 Å². The first kappa shape index (κ1) is 9.98. The van der Waals surface area contributed by atoms with E-state index in [1.54, 1.807) is 0 Å². The Morgan fingerprint density at radius 3 is 2.73 bits per heavy atom. The second-order valence-corrected chi connectivity index (χ2v) is 3.74. The molecule has 0 saturated carbocycles. The third kappa shape index (κ3) is 2.47. The monoisotopic (exact) mass is 206 g/mol. The van der Waals surface area contributed by atoms with Gasteiger partial charge in [-0.25, -0.2) is 0 Å². The molecule has 2 atom stereocenters. The lowest BCUT2D eigenvalue weighted by molar-refractivity contribution is -0.139. The Morgan fingerprint density at radius 1 is 1.40 bits per heavy atom. The molecule has 0 amide bonds. The van der Waals surface area contributed by atoms with Crippen LogP contribution < -0.4 is 10.6 Å². The molecule has 1 aromatic rings. The van der Waals surface area contributed by atoms with Crippen LogP contribution in [-0.4, -0.2) is 29.7 Å². The molecule has 0 aliphatic carbocycles. The highest BCUT2D eigenvalue weighted by Gasteiger charge is 2.28. The van der Waals surface area contributed by atoms with Crippen molar-refractivity contribution in [2.24, 2.45) is 0 Å². The Labute approximate surface area is 88.3 Å². The summed E-state index contributed by atoms with van der Waals surface area (Å²) in [5.74, 6) is -0.771. The fraction of sp³-hybridized carbons (Fsp3) is 0.364. The maximum absolute atomic E-state index is 10.7. The summed E-state index contributed by atoms with van der Waals surface area (Å²) in [7, 11) is 0. The summed E-state index contributed by atoms with van der Waals surface area (Å²) < 4.78 is 0. The van der Waals surface area contributed by atoms with E-state index in [4.69, 9.17) is 5.11 Å². The van der Waals surface area contributed by atoms with E-state index in [1.165, 1.54) is 0 Å². The molecule has 0 bridgehead atoms. The number of aliphatic carboxylic acids is 1. The minimum absolute atomic E-state index is 0.202. The third-order valence-corrected chi connectivity index (χ3v) is 2.57. The fourth-order valence-corrected chi connectivity index (χ4v) is 1.80. The lowest BCUT2D eigenvalue weighted by atomic mass is 10.1. The molecule has 2 rings (SSSR count). The van der Waals surface area contributed by atoms with Crippen molar-refractivity contribution in [1.82, 2.24) is 5.32 Å². The summed E-state index contributed by atoms with van der Waals surface area (Å²) in [4.78, 5) is 10.7. The van der Waals surface area contributed by atoms with Crippen molar-refractivity contribution in [1.29, 1.82) is 0 Å². The number of carboxylic acids is 1. The molecule has 0 aromatic heterocycles. The third-order valence-electron chi connectivity index (χ3n) is 2.57. The van der Waals surface area contributed by atoms with Crippen LogP contribution in [0.4, 0.5) is 5.69 Å². The maximum Gasteiger partial charge on any atom is 0.320 e. The summed E-state index contributed by atoms with van der Waals surface area (Å²) in [6, 6.07) is 9.62. The number of rotatable bonds is 3. The van der Waals surface area contributed by atoms with Crippen LogP contribution in [0.5, 0.6) is 0 Å². The van der Waals surface area contributed by atoms with Crippen LogP contribution in [0.15, 0.2) is 30.3 Å². The molecule has 1 aliphatic heterocycles. The van der Waals surface area contributed by atoms with Crippen molar-refractivity contribution in [3.05, 3.63) is 30.3 Å². The Bertz CT molecular complexity index is 340. The molecule has 0 radical (unpaired) electrons. The first-order valence-corrected chi connectivity index (χ1v) is 5.03. The van der Waals surface area contributed by atoms with Crippen LogP contribution in [0, 0.1) is 0 Å². The molecule has 3 N–H and O–H groups in total. The number of anilines is 1. The normalized spacial score (nSPS) is 25.1. The van der Waals surface area contributed by atoms with Gasteiger partial charge in [-0.15, -0.1) is 0 Å². The SMILES string of the molecule is O=C(O)[C@@H]1C[C@H](Nc2ccccc2)CN1. The Hall–Kier alpha value is -1.55. The van der Waals surface area contributed by atoms with Gasteiger partial charge < -0.3 is 15.7 Å². The van der Waals surface area contributed by atoms with E-state index in [0.717, 1.165) is 5.69 Å². The van der Waals surface area contributed by atoms with Crippen LogP contribution in [0.1, 0.15) is 6.42 Å². The molecule has 15 heavy (non-hydrogen) atoms. The van der Waals surface area contributed by atoms with E-state index < -0.39 is 12.0 Å². The number of benzene rings is 1. The van der Waals surface area contributed by atoms with Gasteiger partial charge in [-0.05, 0) is 18.6 Å². The fourth-order valence-electron chi connectivity index (χ4n) is 1.80. The zero-order chi connectivity index (χ0) is 10.7. The van der Waals surface area contributed by atoms with Crippen LogP contribution in [-0.2, 0) is 4.79 Å². The highest BCUT2D eigenvalue weighted by atomic mass is 16.4. The standard InChI is InChI=1S/C11H14N2O2/c14-11(15)10-6-9(7-12-10)13-8-4-2-1-3-5-8/h1-5,9-10,12-13H,6-7H2,(H,14,15)/t9-,10-/m0/s1. The van der Waals surface area contributed by atoms with Crippen molar-refractivity contribution in [3.63, 3.8) is 0 Å². The molecule has 80 valence electrons. The Morgan fingerprint density at radius 2 is 2.13 bits per heavy atom. The van der Waals surface area contributed by atoms with E-state index in [-0.39, 0.29) is 6.04 Å². The maximum atomic E-state index is 10.7. The first-order chi connectivity index (χ1) is 7.25. The summed E-state index contributed by atoms with van der Waals surface area (Å²) >= 11 is 0. The van der Waals surface area contributed by atoms with Gasteiger partial charge in [0.2, 0.25) is 0 Å². The number of carbonyl (C=O) groups is 1. The summed E-state index contributed by atoms with van der Waals surface area (Å²) in [6.07, 6.45) is 0.629. The van der Waals surface area contributed by atoms with Gasteiger partial charge in [0.1, 0.15) is 6.04 Å². The molecule has 1 fully saturated rings. The first-order valence-electron chi connectivity index (χ1n) is 5.03. The molecule has 1 heterocycles. The molecule has 1 saturated heterocycles. The lowest BCUT2D eigenvalue weighted by Gasteiger charge is -2.12. The Kier molecular flexibility index (Phi) is 2.87. The quantitative estimate of drug-likeness (QED) is 0.688. The predicted octanol–water partition coefficient (Wildman–Crippen LogP) is 0.914. The van der Waals surface area contributed by atoms with Gasteiger partial charge in [-0.2, -0.15) is 0 Å². The van der Waals surface area contributed by atoms with Crippen molar-refractivity contribution < 1.29 is 9.90 Å². The molecule has 4 nitrogen and oxygen atoms in total. The van der Waals surface area contributed by atoms with Crippen LogP contribution in [0.3, 0.4) is 0 Å². The van der Waals surface area contributed by atoms with Gasteiger partial charge >= 0.3 is 5.97 Å². The number of hydrogen-bond donors (Lipinski definition) is 3. The highest BCUT2D eigenvalue weighted by molar-refractivity contribution is 5.74. The van der Waals surface area contributed by atoms with E-state index in [1.807, 2.05) is 30.3 Å². The number of nitrogens with one attached hydrogen (secondary N) is 2. The molecular formula is C11H14N2O2. The number of para-hydroxylation sites is 1. The zero-order valence-corrected chi connectivity index (χ0v) is 8.31. The van der Waals surface area contributed by atoms with Gasteiger partial charge in [-0.3, -0.25) is 4.79 Å². The molecule has 4 heteroatoms. The van der Waals surface area contributed by atoms with E-state index in [9.17, 15) is 4.79 Å². The minimum atomic E-state index is -0.771. The molecule has 1 aromatic carbocycles. The largest absolute Gasteiger partial charge is 0.480 e. The average Bonchev–Trinajstić information content (AvgIpc) is 2.68. The smallest absolute Gasteiger partial charge is 0.320 e. The molecule has 1 aliphatic rings. The topological polar surface area (TPSA) is 61.4 Å². The van der Waals surface area contributed by atoms with Crippen molar-refractivity contribution in [2.75, 3.05) is 11.9 Å². The number of hydrogen-bond acceptors (Lipinski definition) is 3. The highest BCUT2D eigenvalue weighted by Crippen LogP contribution is 2.13. The summed E-state index contributed by atoms with van der Waals surface area (Å²) in [6.45, 7) is 0.700. The summed E-state index contributed by atoms with van der Waals surface area (Å²) in [5.41, 5.74) is 1.04. The van der Waals surface area contributed by atoms with Crippen molar-refractivity contribution >= 4 is 11.7 Å². The van der Waals surface area contributed by atoms with Gasteiger partial charge in [0.25, 0.3) is 0 Å². The van der Waals surface area contributed by atoms with Crippen molar-refractivity contribution in [2.45, 2.75) is 18.5 Å². The lowest BCUT2D eigenvalue weighted by Crippen LogP contribution is -2.30. The zero-order valence-electron chi connectivity index (χ0n) is 8.31. The minimum Gasteiger partial charge on any atom is -0.480 e. The second-order valence-electron chi connectivity index (χ2n) is 3.74. The second kappa shape index (κ2) is 4.31. The van der Waals surface area contributed by atoms with E-state index in [0.29, 0.717) is 13.0 Å². The van der Waals surface area contributed by atoms with Crippen LogP contribution >= 0.6 is 0 Å². The van der Waals surface area contributed by atoms with E-state index in [2.05, 4.69) is 10.6 Å². The van der Waals surface area contributed by atoms with Crippen LogP contribution in [0.2, 0.25) is 0 Å². The average molecular weight is 206 g/mol. The molecule has 0 unspecified atom stereocenters. The molecule has 0 spiro atoms. The predicted molar refractivity (Wildman–Crippen MR) is 57.9 cm³/mol. The molecular weight excluding hydrogens is 192 g/mol. The van der Waals surface area contributed by atoms with Gasteiger partial charge in [0.15, 0.2) is 0 Å². The Balaban J connectivity index is 1.90.